The van der Waals surface area contributed by atoms with E-state index in [0.29, 0.717) is 41.7 Å². The fourth-order valence-electron chi connectivity index (χ4n) is 4.61. The average molecular weight is 511 g/mol. The smallest absolute Gasteiger partial charge is 0.253 e. The standard InChI is InChI=1S/C26H31ClN6O3/c1-15-2-5-17-6-9-21(33-23(17)22(15)27)31-19-7-3-16(4-8-19)10-28-26-29-11-18(12-30-26)24(34)25(35)32-20-13-36-14-20/h2,5-6,9,11-12,16,19-20,24,34H,3-4,7-8,10,13-14H2,1H3,(H,31,33)(H,32,35)(H,28,29,30)/t16-,19-,24?. The largest absolute Gasteiger partial charge is 0.378 e. The number of nitrogens with one attached hydrogen (secondary N) is 3. The van der Waals surface area contributed by atoms with Gasteiger partial charge < -0.3 is 25.8 Å². The van der Waals surface area contributed by atoms with Crippen LogP contribution in [0.5, 0.6) is 0 Å². The summed E-state index contributed by atoms with van der Waals surface area (Å²) < 4.78 is 5.03. The van der Waals surface area contributed by atoms with E-state index in [1.807, 2.05) is 25.1 Å². The van der Waals surface area contributed by atoms with Gasteiger partial charge in [0.25, 0.3) is 5.91 Å². The fraction of sp³-hybridized carbons (Fsp3) is 0.462. The Kier molecular flexibility index (Phi) is 7.50. The highest BCUT2D eigenvalue weighted by atomic mass is 35.5. The summed E-state index contributed by atoms with van der Waals surface area (Å²) in [6.45, 7) is 3.72. The molecule has 9 nitrogen and oxygen atoms in total. The molecule has 1 saturated carbocycles. The quantitative estimate of drug-likeness (QED) is 0.362. The molecule has 1 aromatic carbocycles. The molecule has 190 valence electrons. The van der Waals surface area contributed by atoms with Gasteiger partial charge in [-0.1, -0.05) is 23.7 Å². The highest BCUT2D eigenvalue weighted by Gasteiger charge is 2.26. The number of hydrogen-bond donors (Lipinski definition) is 4. The molecule has 4 N–H and O–H groups in total. The number of pyridine rings is 1. The zero-order valence-corrected chi connectivity index (χ0v) is 21.0. The van der Waals surface area contributed by atoms with Crippen LogP contribution in [-0.4, -0.2) is 57.8 Å². The Hall–Kier alpha value is -3.01. The van der Waals surface area contributed by atoms with Crippen molar-refractivity contribution >= 4 is 40.2 Å². The third kappa shape index (κ3) is 5.69. The van der Waals surface area contributed by atoms with Crippen LogP contribution in [0, 0.1) is 12.8 Å². The van der Waals surface area contributed by atoms with E-state index in [0.717, 1.165) is 54.5 Å². The maximum atomic E-state index is 12.1. The molecule has 1 saturated heterocycles. The van der Waals surface area contributed by atoms with Gasteiger partial charge in [0.05, 0.1) is 29.8 Å². The normalized spacial score (nSPS) is 21.0. The lowest BCUT2D eigenvalue weighted by molar-refractivity contribution is -0.133. The lowest BCUT2D eigenvalue weighted by Crippen LogP contribution is -2.50. The maximum absolute atomic E-state index is 12.1. The van der Waals surface area contributed by atoms with Gasteiger partial charge in [-0.25, -0.2) is 15.0 Å². The van der Waals surface area contributed by atoms with Crippen molar-refractivity contribution in [1.29, 1.82) is 0 Å². The highest BCUT2D eigenvalue weighted by Crippen LogP contribution is 2.29. The van der Waals surface area contributed by atoms with Gasteiger partial charge in [0.2, 0.25) is 5.95 Å². The van der Waals surface area contributed by atoms with E-state index < -0.39 is 12.0 Å². The molecule has 10 heteroatoms. The second kappa shape index (κ2) is 10.9. The lowest BCUT2D eigenvalue weighted by atomic mass is 9.86. The molecule has 1 amide bonds. The minimum absolute atomic E-state index is 0.0362. The Bertz CT molecular complexity index is 1210. The predicted molar refractivity (Wildman–Crippen MR) is 139 cm³/mol. The minimum Gasteiger partial charge on any atom is -0.378 e. The first-order chi connectivity index (χ1) is 17.5. The number of anilines is 2. The second-order valence-electron chi connectivity index (χ2n) is 9.69. The molecule has 2 fully saturated rings. The van der Waals surface area contributed by atoms with E-state index in [-0.39, 0.29) is 6.04 Å². The first kappa shape index (κ1) is 24.7. The number of aliphatic hydroxyl groups excluding tert-OH is 1. The number of rotatable bonds is 8. The van der Waals surface area contributed by atoms with Crippen LogP contribution < -0.4 is 16.0 Å². The van der Waals surface area contributed by atoms with Gasteiger partial charge in [-0.2, -0.15) is 0 Å². The van der Waals surface area contributed by atoms with Crippen molar-refractivity contribution in [2.45, 2.75) is 50.8 Å². The molecule has 2 aromatic heterocycles. The van der Waals surface area contributed by atoms with Crippen molar-refractivity contribution in [2.24, 2.45) is 5.92 Å². The number of ether oxygens (including phenoxy) is 1. The zero-order valence-electron chi connectivity index (χ0n) is 20.2. The third-order valence-corrected chi connectivity index (χ3v) is 7.44. The first-order valence-electron chi connectivity index (χ1n) is 12.4. The van der Waals surface area contributed by atoms with Crippen LogP contribution in [0.3, 0.4) is 0 Å². The number of benzene rings is 1. The second-order valence-corrected chi connectivity index (χ2v) is 10.1. The summed E-state index contributed by atoms with van der Waals surface area (Å²) in [4.78, 5) is 25.4. The van der Waals surface area contributed by atoms with E-state index in [9.17, 15) is 9.90 Å². The summed E-state index contributed by atoms with van der Waals surface area (Å²) in [5, 5.41) is 21.6. The SMILES string of the molecule is Cc1ccc2ccc(N[C@H]3CC[C@H](CNc4ncc(C(O)C(=O)NC5COC5)cn4)CC3)nc2c1Cl. The summed E-state index contributed by atoms with van der Waals surface area (Å²) in [5.41, 5.74) is 2.23. The van der Waals surface area contributed by atoms with Crippen LogP contribution in [-0.2, 0) is 9.53 Å². The molecule has 1 atom stereocenters. The van der Waals surface area contributed by atoms with E-state index in [4.69, 9.17) is 21.3 Å². The van der Waals surface area contributed by atoms with Gasteiger partial charge >= 0.3 is 0 Å². The number of aliphatic hydroxyl groups is 1. The van der Waals surface area contributed by atoms with E-state index in [2.05, 4.69) is 32.0 Å². The number of carbonyl (C=O) groups is 1. The minimum atomic E-state index is -1.29. The van der Waals surface area contributed by atoms with Crippen LogP contribution in [0.15, 0.2) is 36.7 Å². The van der Waals surface area contributed by atoms with Crippen molar-refractivity contribution < 1.29 is 14.6 Å². The molecule has 3 heterocycles. The first-order valence-corrected chi connectivity index (χ1v) is 12.8. The number of aromatic nitrogens is 3. The molecule has 36 heavy (non-hydrogen) atoms. The Labute approximate surface area is 215 Å². The number of aryl methyl sites for hydroxylation is 1. The summed E-state index contributed by atoms with van der Waals surface area (Å²) in [6, 6.07) is 8.49. The molecule has 2 aliphatic rings. The third-order valence-electron chi connectivity index (χ3n) is 6.96. The van der Waals surface area contributed by atoms with Crippen LogP contribution in [0.4, 0.5) is 11.8 Å². The van der Waals surface area contributed by atoms with Crippen molar-refractivity contribution in [3.63, 3.8) is 0 Å². The van der Waals surface area contributed by atoms with Crippen LogP contribution >= 0.6 is 11.6 Å². The predicted octanol–water partition coefficient (Wildman–Crippen LogP) is 3.62. The van der Waals surface area contributed by atoms with Gasteiger partial charge in [0.15, 0.2) is 6.10 Å². The van der Waals surface area contributed by atoms with Gasteiger partial charge in [0.1, 0.15) is 5.82 Å². The molecular weight excluding hydrogens is 480 g/mol. The number of fused-ring (bicyclic) bond motifs is 1. The number of nitrogens with zero attached hydrogens (tertiary/aromatic N) is 3. The molecular formula is C26H31ClN6O3. The monoisotopic (exact) mass is 510 g/mol. The topological polar surface area (TPSA) is 121 Å². The van der Waals surface area contributed by atoms with Crippen molar-refractivity contribution in [3.05, 3.63) is 52.8 Å². The Morgan fingerprint density at radius 2 is 1.83 bits per heavy atom. The van der Waals surface area contributed by atoms with Crippen molar-refractivity contribution in [2.75, 3.05) is 30.4 Å². The molecule has 1 unspecified atom stereocenters. The van der Waals surface area contributed by atoms with Crippen molar-refractivity contribution in [3.8, 4) is 0 Å². The Morgan fingerprint density at radius 1 is 1.11 bits per heavy atom. The fourth-order valence-corrected chi connectivity index (χ4v) is 4.83. The molecule has 1 aliphatic carbocycles. The summed E-state index contributed by atoms with van der Waals surface area (Å²) in [7, 11) is 0. The summed E-state index contributed by atoms with van der Waals surface area (Å²) in [5.74, 6) is 1.41. The van der Waals surface area contributed by atoms with Gasteiger partial charge in [-0.05, 0) is 56.2 Å². The average Bonchev–Trinajstić information content (AvgIpc) is 2.88. The Balaban J connectivity index is 1.07. The molecule has 5 rings (SSSR count). The molecule has 0 spiro atoms. The lowest BCUT2D eigenvalue weighted by Gasteiger charge is -2.29. The number of carbonyl (C=O) groups excluding carboxylic acids is 1. The van der Waals surface area contributed by atoms with E-state index in [1.54, 1.807) is 0 Å². The zero-order chi connectivity index (χ0) is 25.1. The molecule has 3 aromatic rings. The molecule has 0 radical (unpaired) electrons. The van der Waals surface area contributed by atoms with Gasteiger partial charge in [0, 0.05) is 35.9 Å². The summed E-state index contributed by atoms with van der Waals surface area (Å²) >= 11 is 6.47. The number of halogens is 1. The van der Waals surface area contributed by atoms with Crippen molar-refractivity contribution in [1.82, 2.24) is 20.3 Å². The number of hydrogen-bond acceptors (Lipinski definition) is 8. The van der Waals surface area contributed by atoms with Crippen LogP contribution in [0.2, 0.25) is 5.02 Å². The van der Waals surface area contributed by atoms with E-state index >= 15 is 0 Å². The number of amides is 1. The van der Waals surface area contributed by atoms with E-state index in [1.165, 1.54) is 12.4 Å². The molecule has 0 bridgehead atoms. The summed E-state index contributed by atoms with van der Waals surface area (Å²) in [6.07, 6.45) is 5.96. The van der Waals surface area contributed by atoms with Gasteiger partial charge in [-0.3, -0.25) is 4.79 Å². The Morgan fingerprint density at radius 3 is 2.53 bits per heavy atom. The van der Waals surface area contributed by atoms with Crippen LogP contribution in [0.25, 0.3) is 10.9 Å². The highest BCUT2D eigenvalue weighted by molar-refractivity contribution is 6.35. The van der Waals surface area contributed by atoms with Gasteiger partial charge in [-0.15, -0.1) is 0 Å². The van der Waals surface area contributed by atoms with Crippen LogP contribution in [0.1, 0.15) is 42.9 Å². The molecule has 1 aliphatic heterocycles. The maximum Gasteiger partial charge on any atom is 0.253 e.